The van der Waals surface area contributed by atoms with Gasteiger partial charge in [0.05, 0.1) is 0 Å². The van der Waals surface area contributed by atoms with Crippen LogP contribution in [-0.4, -0.2) is 32.5 Å². The molecule has 4 atom stereocenters. The van der Waals surface area contributed by atoms with E-state index in [1.54, 1.807) is 0 Å². The molecule has 4 heteroatoms. The van der Waals surface area contributed by atoms with Gasteiger partial charge in [0.2, 0.25) is 0 Å². The van der Waals surface area contributed by atoms with Gasteiger partial charge in [-0.3, -0.25) is 0 Å². The minimum atomic E-state index is 0.537. The second-order valence-corrected chi connectivity index (χ2v) is 9.21. The number of thiol groups is 2. The highest BCUT2D eigenvalue weighted by molar-refractivity contribution is 8.01. The van der Waals surface area contributed by atoms with Crippen molar-refractivity contribution in [2.24, 2.45) is 0 Å². The van der Waals surface area contributed by atoms with Crippen LogP contribution in [0.4, 0.5) is 0 Å². The molecule has 0 aliphatic heterocycles. The molecular formula is C12H24S4. The highest BCUT2D eigenvalue weighted by Crippen LogP contribution is 2.35. The lowest BCUT2D eigenvalue weighted by atomic mass is 10.00. The smallest absolute Gasteiger partial charge is 0.00792 e. The average molecular weight is 297 g/mol. The summed E-state index contributed by atoms with van der Waals surface area (Å²) >= 11 is 13.2. The van der Waals surface area contributed by atoms with Crippen LogP contribution in [0.2, 0.25) is 0 Å². The van der Waals surface area contributed by atoms with Crippen molar-refractivity contribution in [1.29, 1.82) is 0 Å². The summed E-state index contributed by atoms with van der Waals surface area (Å²) in [6.07, 6.45) is 5.64. The van der Waals surface area contributed by atoms with Crippen LogP contribution in [0.3, 0.4) is 0 Å². The van der Waals surface area contributed by atoms with Gasteiger partial charge in [-0.15, -0.1) is 0 Å². The number of rotatable bonds is 6. The van der Waals surface area contributed by atoms with Crippen molar-refractivity contribution in [2.45, 2.75) is 60.5 Å². The Labute approximate surface area is 120 Å². The first-order valence-electron chi connectivity index (χ1n) is 6.17. The summed E-state index contributed by atoms with van der Waals surface area (Å²) in [6.45, 7) is 4.38. The van der Waals surface area contributed by atoms with Crippen LogP contribution < -0.4 is 0 Å². The summed E-state index contributed by atoms with van der Waals surface area (Å²) in [4.78, 5) is 0. The van der Waals surface area contributed by atoms with Crippen LogP contribution >= 0.6 is 48.8 Å². The molecule has 0 N–H and O–H groups in total. The fraction of sp³-hybridized carbons (Fsp3) is 1.00. The molecule has 0 bridgehead atoms. The Bertz CT molecular complexity index is 164. The van der Waals surface area contributed by atoms with E-state index in [0.717, 1.165) is 10.5 Å². The van der Waals surface area contributed by atoms with Crippen LogP contribution in [0.5, 0.6) is 0 Å². The van der Waals surface area contributed by atoms with Crippen molar-refractivity contribution in [3.05, 3.63) is 0 Å². The molecule has 0 aromatic heterocycles. The minimum absolute atomic E-state index is 0.537. The maximum Gasteiger partial charge on any atom is 0.00792 e. The van der Waals surface area contributed by atoms with E-state index in [4.69, 9.17) is 0 Å². The maximum absolute atomic E-state index is 4.45. The summed E-state index contributed by atoms with van der Waals surface area (Å²) in [5.74, 6) is 2.41. The minimum Gasteiger partial charge on any atom is -0.175 e. The zero-order valence-corrected chi connectivity index (χ0v) is 13.7. The monoisotopic (exact) mass is 296 g/mol. The third-order valence-corrected chi connectivity index (χ3v) is 6.77. The fourth-order valence-corrected chi connectivity index (χ4v) is 5.10. The van der Waals surface area contributed by atoms with Gasteiger partial charge in [0.15, 0.2) is 0 Å². The Morgan fingerprint density at radius 1 is 1.00 bits per heavy atom. The molecule has 0 aromatic carbocycles. The number of hydrogen-bond donors (Lipinski definition) is 2. The highest BCUT2D eigenvalue weighted by Gasteiger charge is 2.22. The molecule has 0 aromatic rings. The van der Waals surface area contributed by atoms with E-state index in [9.17, 15) is 0 Å². The molecule has 0 spiro atoms. The Kier molecular flexibility index (Phi) is 8.20. The topological polar surface area (TPSA) is 0 Å². The second-order valence-electron chi connectivity index (χ2n) is 4.78. The van der Waals surface area contributed by atoms with Crippen LogP contribution in [0.15, 0.2) is 0 Å². The van der Waals surface area contributed by atoms with Crippen LogP contribution in [0.1, 0.15) is 39.5 Å². The molecule has 0 amide bonds. The summed E-state index contributed by atoms with van der Waals surface area (Å²) in [6, 6.07) is 0. The van der Waals surface area contributed by atoms with Gasteiger partial charge in [0.1, 0.15) is 0 Å². The Morgan fingerprint density at radius 3 is 1.81 bits per heavy atom. The predicted octanol–water partition coefficient (Wildman–Crippen LogP) is 4.40. The zero-order valence-electron chi connectivity index (χ0n) is 10.3. The van der Waals surface area contributed by atoms with Crippen LogP contribution in [0.25, 0.3) is 0 Å². The summed E-state index contributed by atoms with van der Waals surface area (Å²) in [5.41, 5.74) is 0. The van der Waals surface area contributed by atoms with Gasteiger partial charge >= 0.3 is 0 Å². The molecule has 96 valence electrons. The molecule has 4 unspecified atom stereocenters. The predicted molar refractivity (Wildman–Crippen MR) is 87.9 cm³/mol. The SMILES string of the molecule is CC(S)CSC1CCCC(SCC(C)S)C1. The molecule has 0 heterocycles. The fourth-order valence-electron chi connectivity index (χ4n) is 1.96. The molecule has 0 nitrogen and oxygen atoms in total. The third-order valence-electron chi connectivity index (χ3n) is 2.72. The Morgan fingerprint density at radius 2 is 1.44 bits per heavy atom. The highest BCUT2D eigenvalue weighted by atomic mass is 32.2. The lowest BCUT2D eigenvalue weighted by molar-refractivity contribution is 0.528. The second kappa shape index (κ2) is 8.49. The summed E-state index contributed by atoms with van der Waals surface area (Å²) in [7, 11) is 0. The molecule has 1 fully saturated rings. The van der Waals surface area contributed by atoms with Gasteiger partial charge in [0.25, 0.3) is 0 Å². The molecule has 1 rings (SSSR count). The molecule has 0 saturated heterocycles. The first-order valence-corrected chi connectivity index (χ1v) is 9.30. The van der Waals surface area contributed by atoms with E-state index in [1.807, 2.05) is 0 Å². The first-order chi connectivity index (χ1) is 7.58. The summed E-state index contributed by atoms with van der Waals surface area (Å²) < 4.78 is 0. The van der Waals surface area contributed by atoms with Crippen molar-refractivity contribution in [1.82, 2.24) is 0 Å². The first kappa shape index (κ1) is 15.5. The molecule has 1 saturated carbocycles. The van der Waals surface area contributed by atoms with E-state index in [0.29, 0.717) is 10.5 Å². The normalized spacial score (nSPS) is 30.0. The standard InChI is InChI=1S/C12H24S4/c1-9(13)7-15-11-4-3-5-12(6-11)16-8-10(2)14/h9-14H,3-8H2,1-2H3. The van der Waals surface area contributed by atoms with Crippen LogP contribution in [-0.2, 0) is 0 Å². The lowest BCUT2D eigenvalue weighted by Gasteiger charge is -2.29. The van der Waals surface area contributed by atoms with Crippen LogP contribution in [0, 0.1) is 0 Å². The number of hydrogen-bond acceptors (Lipinski definition) is 4. The van der Waals surface area contributed by atoms with Crippen molar-refractivity contribution < 1.29 is 0 Å². The van der Waals surface area contributed by atoms with Gasteiger partial charge in [-0.1, -0.05) is 20.3 Å². The van der Waals surface area contributed by atoms with Gasteiger partial charge in [-0.05, 0) is 19.3 Å². The molecular weight excluding hydrogens is 272 g/mol. The molecule has 1 aliphatic carbocycles. The van der Waals surface area contributed by atoms with E-state index in [-0.39, 0.29) is 0 Å². The van der Waals surface area contributed by atoms with Crippen molar-refractivity contribution in [3.63, 3.8) is 0 Å². The van der Waals surface area contributed by atoms with Crippen molar-refractivity contribution in [2.75, 3.05) is 11.5 Å². The Hall–Kier alpha value is 1.40. The van der Waals surface area contributed by atoms with E-state index in [1.165, 1.54) is 37.2 Å². The van der Waals surface area contributed by atoms with E-state index >= 15 is 0 Å². The molecule has 16 heavy (non-hydrogen) atoms. The van der Waals surface area contributed by atoms with Gasteiger partial charge in [0, 0.05) is 32.5 Å². The zero-order chi connectivity index (χ0) is 12.0. The maximum atomic E-state index is 4.45. The van der Waals surface area contributed by atoms with Gasteiger partial charge < -0.3 is 0 Å². The van der Waals surface area contributed by atoms with E-state index < -0.39 is 0 Å². The average Bonchev–Trinajstić information content (AvgIpc) is 2.24. The van der Waals surface area contributed by atoms with E-state index in [2.05, 4.69) is 62.6 Å². The van der Waals surface area contributed by atoms with Gasteiger partial charge in [-0.2, -0.15) is 48.8 Å². The van der Waals surface area contributed by atoms with Crippen molar-refractivity contribution in [3.8, 4) is 0 Å². The number of thioether (sulfide) groups is 2. The van der Waals surface area contributed by atoms with Crippen molar-refractivity contribution >= 4 is 48.8 Å². The summed E-state index contributed by atoms with van der Waals surface area (Å²) in [5, 5.41) is 2.85. The molecule has 1 aliphatic rings. The lowest BCUT2D eigenvalue weighted by Crippen LogP contribution is -2.21. The Balaban J connectivity index is 2.19. The van der Waals surface area contributed by atoms with Gasteiger partial charge in [-0.25, -0.2) is 0 Å². The quantitative estimate of drug-likeness (QED) is 0.697. The third kappa shape index (κ3) is 6.97. The molecule has 0 radical (unpaired) electrons. The largest absolute Gasteiger partial charge is 0.175 e.